The van der Waals surface area contributed by atoms with Gasteiger partial charge in [0.15, 0.2) is 0 Å². The van der Waals surface area contributed by atoms with Gasteiger partial charge in [-0.1, -0.05) is 41.9 Å². The van der Waals surface area contributed by atoms with Crippen LogP contribution in [0.1, 0.15) is 38.5 Å². The first kappa shape index (κ1) is 9.78. The molecule has 1 nitrogen and oxygen atoms in total. The predicted molar refractivity (Wildman–Crippen MR) is 58.4 cm³/mol. The minimum atomic E-state index is 0.853. The van der Waals surface area contributed by atoms with Crippen molar-refractivity contribution < 1.29 is 0 Å². The third-order valence-electron chi connectivity index (χ3n) is 2.35. The number of nitrogens with one attached hydrogen (secondary N) is 1. The van der Waals surface area contributed by atoms with E-state index >= 15 is 0 Å². The smallest absolute Gasteiger partial charge is 0.00670 e. The number of hydrogen-bond acceptors (Lipinski definition) is 1. The highest BCUT2D eigenvalue weighted by atomic mass is 127. The molecule has 0 aromatic rings. The number of halogens is 1. The fourth-order valence-corrected chi connectivity index (χ4v) is 2.06. The Morgan fingerprint density at radius 2 is 1.91 bits per heavy atom. The van der Waals surface area contributed by atoms with Crippen molar-refractivity contribution in [1.29, 1.82) is 0 Å². The van der Waals surface area contributed by atoms with Crippen LogP contribution in [0.2, 0.25) is 0 Å². The standard InChI is InChI=1S/C9H18IN/c10-7-4-8-11-9-5-2-1-3-6-9/h9,11H,1-8H2. The summed E-state index contributed by atoms with van der Waals surface area (Å²) in [5.41, 5.74) is 0. The summed E-state index contributed by atoms with van der Waals surface area (Å²) >= 11 is 2.44. The van der Waals surface area contributed by atoms with Gasteiger partial charge in [-0.25, -0.2) is 0 Å². The van der Waals surface area contributed by atoms with Crippen molar-refractivity contribution in [2.45, 2.75) is 44.6 Å². The average Bonchev–Trinajstić information content (AvgIpc) is 2.07. The van der Waals surface area contributed by atoms with Gasteiger partial charge < -0.3 is 5.32 Å². The molecule has 0 spiro atoms. The summed E-state index contributed by atoms with van der Waals surface area (Å²) in [4.78, 5) is 0. The summed E-state index contributed by atoms with van der Waals surface area (Å²) < 4.78 is 1.29. The molecule has 66 valence electrons. The molecule has 0 saturated heterocycles. The van der Waals surface area contributed by atoms with Crippen molar-refractivity contribution in [3.63, 3.8) is 0 Å². The second-order valence-electron chi connectivity index (χ2n) is 3.33. The van der Waals surface area contributed by atoms with Crippen molar-refractivity contribution in [3.8, 4) is 0 Å². The van der Waals surface area contributed by atoms with E-state index in [0.29, 0.717) is 0 Å². The zero-order chi connectivity index (χ0) is 7.94. The SMILES string of the molecule is ICCCNC1CCCCC1. The fraction of sp³-hybridized carbons (Fsp3) is 1.00. The van der Waals surface area contributed by atoms with Crippen LogP contribution in [0.25, 0.3) is 0 Å². The van der Waals surface area contributed by atoms with Gasteiger partial charge in [0.1, 0.15) is 0 Å². The maximum atomic E-state index is 3.62. The van der Waals surface area contributed by atoms with E-state index in [2.05, 4.69) is 27.9 Å². The van der Waals surface area contributed by atoms with Gasteiger partial charge in [-0.15, -0.1) is 0 Å². The molecule has 0 aliphatic heterocycles. The molecule has 1 N–H and O–H groups in total. The molecule has 0 unspecified atom stereocenters. The van der Waals surface area contributed by atoms with Crippen LogP contribution < -0.4 is 5.32 Å². The van der Waals surface area contributed by atoms with Gasteiger partial charge in [-0.3, -0.25) is 0 Å². The minimum Gasteiger partial charge on any atom is -0.314 e. The zero-order valence-electron chi connectivity index (χ0n) is 7.11. The van der Waals surface area contributed by atoms with Crippen LogP contribution in [0, 0.1) is 0 Å². The Hall–Kier alpha value is 0.690. The molecule has 0 aromatic carbocycles. The van der Waals surface area contributed by atoms with E-state index < -0.39 is 0 Å². The minimum absolute atomic E-state index is 0.853. The summed E-state index contributed by atoms with van der Waals surface area (Å²) in [5, 5.41) is 3.62. The predicted octanol–water partition coefficient (Wildman–Crippen LogP) is 2.73. The first-order valence-corrected chi connectivity index (χ1v) is 6.25. The van der Waals surface area contributed by atoms with Crippen LogP contribution in [0.15, 0.2) is 0 Å². The Morgan fingerprint density at radius 1 is 1.18 bits per heavy atom. The number of rotatable bonds is 4. The molecule has 0 amide bonds. The summed E-state index contributed by atoms with van der Waals surface area (Å²) in [6, 6.07) is 0.853. The third kappa shape index (κ3) is 4.31. The van der Waals surface area contributed by atoms with Gasteiger partial charge in [0.2, 0.25) is 0 Å². The first-order chi connectivity index (χ1) is 5.43. The lowest BCUT2D eigenvalue weighted by Gasteiger charge is -2.22. The molecule has 1 saturated carbocycles. The molecule has 11 heavy (non-hydrogen) atoms. The van der Waals surface area contributed by atoms with Crippen molar-refractivity contribution in [2.75, 3.05) is 11.0 Å². The van der Waals surface area contributed by atoms with E-state index in [1.807, 2.05) is 0 Å². The van der Waals surface area contributed by atoms with Crippen LogP contribution in [-0.4, -0.2) is 17.0 Å². The van der Waals surface area contributed by atoms with E-state index in [9.17, 15) is 0 Å². The molecule has 2 heteroatoms. The molecular weight excluding hydrogens is 249 g/mol. The molecule has 0 radical (unpaired) electrons. The zero-order valence-corrected chi connectivity index (χ0v) is 9.27. The first-order valence-electron chi connectivity index (χ1n) is 4.73. The lowest BCUT2D eigenvalue weighted by molar-refractivity contribution is 0.375. The highest BCUT2D eigenvalue weighted by Crippen LogP contribution is 2.17. The van der Waals surface area contributed by atoms with Gasteiger partial charge >= 0.3 is 0 Å². The maximum absolute atomic E-state index is 3.62. The quantitative estimate of drug-likeness (QED) is 0.469. The van der Waals surface area contributed by atoms with Gasteiger partial charge in [0, 0.05) is 10.5 Å². The molecule has 0 heterocycles. The normalized spacial score (nSPS) is 20.5. The van der Waals surface area contributed by atoms with Gasteiger partial charge in [-0.05, 0) is 25.8 Å². The molecule has 0 aromatic heterocycles. The summed E-state index contributed by atoms with van der Waals surface area (Å²) in [7, 11) is 0. The lowest BCUT2D eigenvalue weighted by Crippen LogP contribution is -2.31. The highest BCUT2D eigenvalue weighted by Gasteiger charge is 2.11. The van der Waals surface area contributed by atoms with Crippen molar-refractivity contribution in [2.24, 2.45) is 0 Å². The Balaban J connectivity index is 1.96. The fourth-order valence-electron chi connectivity index (χ4n) is 1.68. The van der Waals surface area contributed by atoms with Crippen LogP contribution >= 0.6 is 22.6 Å². The number of alkyl halides is 1. The van der Waals surface area contributed by atoms with E-state index in [1.165, 1.54) is 49.5 Å². The van der Waals surface area contributed by atoms with Crippen molar-refractivity contribution in [1.82, 2.24) is 5.32 Å². The van der Waals surface area contributed by atoms with E-state index in [1.54, 1.807) is 0 Å². The summed E-state index contributed by atoms with van der Waals surface area (Å²) in [6.07, 6.45) is 8.52. The van der Waals surface area contributed by atoms with Crippen LogP contribution in [0.3, 0.4) is 0 Å². The molecule has 1 rings (SSSR count). The Kier molecular flexibility index (Phi) is 5.54. The molecule has 0 bridgehead atoms. The van der Waals surface area contributed by atoms with Crippen LogP contribution in [-0.2, 0) is 0 Å². The van der Waals surface area contributed by atoms with E-state index in [0.717, 1.165) is 6.04 Å². The Morgan fingerprint density at radius 3 is 2.55 bits per heavy atom. The van der Waals surface area contributed by atoms with Crippen LogP contribution in [0.5, 0.6) is 0 Å². The van der Waals surface area contributed by atoms with Crippen molar-refractivity contribution in [3.05, 3.63) is 0 Å². The topological polar surface area (TPSA) is 12.0 Å². The van der Waals surface area contributed by atoms with Gasteiger partial charge in [0.25, 0.3) is 0 Å². The van der Waals surface area contributed by atoms with Crippen LogP contribution in [0.4, 0.5) is 0 Å². The lowest BCUT2D eigenvalue weighted by atomic mass is 9.95. The van der Waals surface area contributed by atoms with Gasteiger partial charge in [0.05, 0.1) is 0 Å². The maximum Gasteiger partial charge on any atom is 0.00670 e. The molecule has 1 fully saturated rings. The average molecular weight is 267 g/mol. The molecular formula is C9H18IN. The van der Waals surface area contributed by atoms with E-state index in [-0.39, 0.29) is 0 Å². The summed E-state index contributed by atoms with van der Waals surface area (Å²) in [6.45, 7) is 1.23. The highest BCUT2D eigenvalue weighted by molar-refractivity contribution is 14.1. The Labute approximate surface area is 83.5 Å². The summed E-state index contributed by atoms with van der Waals surface area (Å²) in [5.74, 6) is 0. The molecule has 1 aliphatic carbocycles. The monoisotopic (exact) mass is 267 g/mol. The van der Waals surface area contributed by atoms with Gasteiger partial charge in [-0.2, -0.15) is 0 Å². The van der Waals surface area contributed by atoms with E-state index in [4.69, 9.17) is 0 Å². The molecule has 0 atom stereocenters. The Bertz CT molecular complexity index is 89.6. The molecule has 1 aliphatic rings. The second kappa shape index (κ2) is 6.23. The second-order valence-corrected chi connectivity index (χ2v) is 4.41. The number of hydrogen-bond donors (Lipinski definition) is 1. The van der Waals surface area contributed by atoms with Crippen molar-refractivity contribution >= 4 is 22.6 Å². The third-order valence-corrected chi connectivity index (χ3v) is 3.11. The largest absolute Gasteiger partial charge is 0.314 e.